The quantitative estimate of drug-likeness (QED) is 0.617. The summed E-state index contributed by atoms with van der Waals surface area (Å²) in [4.78, 5) is 25.9. The number of ketones is 2. The SMILES string of the molecule is CCCC(=O)c1c(O)c(C(=O)CCC)c2c(c1O)C1CCCC3(O2)OC(C)(C)CC13. The highest BCUT2D eigenvalue weighted by Crippen LogP contribution is 2.64. The van der Waals surface area contributed by atoms with Gasteiger partial charge in [0.05, 0.1) is 5.60 Å². The van der Waals surface area contributed by atoms with Gasteiger partial charge in [-0.3, -0.25) is 9.59 Å². The lowest BCUT2D eigenvalue weighted by molar-refractivity contribution is -0.234. The number of ether oxygens (including phenoxy) is 2. The highest BCUT2D eigenvalue weighted by Gasteiger charge is 2.62. The fraction of sp³-hybridized carbons (Fsp3) is 0.667. The maximum absolute atomic E-state index is 13.0. The standard InChI is InChI=1S/C24H32O6/c1-5-8-15(25)18-20(27)17-13-10-7-11-24(14(13)12-23(3,4)30-24)29-22(17)19(21(18)28)16(26)9-6-2/h13-14,27-28H,5-12H2,1-4H3. The molecule has 3 unspecified atom stereocenters. The molecule has 0 aromatic heterocycles. The topological polar surface area (TPSA) is 93.1 Å². The van der Waals surface area contributed by atoms with Gasteiger partial charge in [0, 0.05) is 36.7 Å². The van der Waals surface area contributed by atoms with Gasteiger partial charge in [-0.05, 0) is 46.0 Å². The predicted octanol–water partition coefficient (Wildman–Crippen LogP) is 5.23. The summed E-state index contributed by atoms with van der Waals surface area (Å²) in [6, 6.07) is 0. The minimum Gasteiger partial charge on any atom is -0.507 e. The van der Waals surface area contributed by atoms with E-state index in [9.17, 15) is 19.8 Å². The summed E-state index contributed by atoms with van der Waals surface area (Å²) in [5.74, 6) is -1.98. The molecule has 2 bridgehead atoms. The van der Waals surface area contributed by atoms with Crippen LogP contribution in [-0.2, 0) is 4.74 Å². The van der Waals surface area contributed by atoms with Gasteiger partial charge >= 0.3 is 0 Å². The molecule has 0 spiro atoms. The number of aromatic hydroxyl groups is 2. The summed E-state index contributed by atoms with van der Waals surface area (Å²) >= 11 is 0. The molecule has 3 atom stereocenters. The summed E-state index contributed by atoms with van der Waals surface area (Å²) in [5, 5.41) is 22.2. The third kappa shape index (κ3) is 3.03. The highest BCUT2D eigenvalue weighted by molar-refractivity contribution is 6.09. The van der Waals surface area contributed by atoms with Crippen LogP contribution in [0.5, 0.6) is 17.2 Å². The van der Waals surface area contributed by atoms with Crippen molar-refractivity contribution in [2.24, 2.45) is 5.92 Å². The zero-order chi connectivity index (χ0) is 21.8. The lowest BCUT2D eigenvalue weighted by Crippen LogP contribution is -2.50. The van der Waals surface area contributed by atoms with E-state index in [1.54, 1.807) is 0 Å². The van der Waals surface area contributed by atoms with Crippen LogP contribution in [0.1, 0.15) is 111 Å². The van der Waals surface area contributed by atoms with Crippen molar-refractivity contribution in [2.75, 3.05) is 0 Å². The van der Waals surface area contributed by atoms with Crippen LogP contribution < -0.4 is 4.74 Å². The molecule has 0 amide bonds. The molecule has 2 aliphatic heterocycles. The molecule has 4 rings (SSSR count). The summed E-state index contributed by atoms with van der Waals surface area (Å²) in [6.45, 7) is 7.81. The van der Waals surface area contributed by atoms with Crippen molar-refractivity contribution in [3.05, 3.63) is 16.7 Å². The average Bonchev–Trinajstić information content (AvgIpc) is 2.92. The van der Waals surface area contributed by atoms with Crippen LogP contribution in [-0.4, -0.2) is 33.2 Å². The van der Waals surface area contributed by atoms with Crippen molar-refractivity contribution in [1.82, 2.24) is 0 Å². The van der Waals surface area contributed by atoms with Gasteiger partial charge in [0.2, 0.25) is 5.79 Å². The van der Waals surface area contributed by atoms with Crippen molar-refractivity contribution < 1.29 is 29.3 Å². The van der Waals surface area contributed by atoms with Crippen LogP contribution >= 0.6 is 0 Å². The molecular weight excluding hydrogens is 384 g/mol. The third-order valence-electron chi connectivity index (χ3n) is 6.85. The molecule has 1 saturated heterocycles. The lowest BCUT2D eigenvalue weighted by atomic mass is 9.67. The molecular formula is C24H32O6. The van der Waals surface area contributed by atoms with Crippen molar-refractivity contribution in [3.8, 4) is 17.2 Å². The molecule has 164 valence electrons. The minimum atomic E-state index is -0.853. The average molecular weight is 417 g/mol. The van der Waals surface area contributed by atoms with Gasteiger partial charge in [-0.1, -0.05) is 13.8 Å². The molecule has 1 aliphatic carbocycles. The number of hydrogen-bond donors (Lipinski definition) is 2. The van der Waals surface area contributed by atoms with E-state index < -0.39 is 11.5 Å². The number of phenolic OH excluding ortho intramolecular Hbond substituents is 2. The van der Waals surface area contributed by atoms with E-state index in [1.807, 2.05) is 27.7 Å². The first-order valence-corrected chi connectivity index (χ1v) is 11.2. The second kappa shape index (κ2) is 7.26. The Morgan fingerprint density at radius 1 is 1.03 bits per heavy atom. The Labute approximate surface area is 177 Å². The van der Waals surface area contributed by atoms with E-state index >= 15 is 0 Å². The molecule has 6 heteroatoms. The monoisotopic (exact) mass is 416 g/mol. The zero-order valence-corrected chi connectivity index (χ0v) is 18.3. The summed E-state index contributed by atoms with van der Waals surface area (Å²) in [5.41, 5.74) is 0.0203. The Kier molecular flexibility index (Phi) is 5.12. The second-order valence-corrected chi connectivity index (χ2v) is 9.62. The van der Waals surface area contributed by atoms with Gasteiger partial charge in [-0.15, -0.1) is 0 Å². The number of fused-ring (bicyclic) bond motifs is 2. The third-order valence-corrected chi connectivity index (χ3v) is 6.85. The largest absolute Gasteiger partial charge is 0.507 e. The maximum atomic E-state index is 13.0. The van der Waals surface area contributed by atoms with Crippen molar-refractivity contribution in [1.29, 1.82) is 0 Å². The first kappa shape index (κ1) is 21.2. The smallest absolute Gasteiger partial charge is 0.214 e. The van der Waals surface area contributed by atoms with Gasteiger partial charge in [0.25, 0.3) is 0 Å². The number of hydrogen-bond acceptors (Lipinski definition) is 6. The van der Waals surface area contributed by atoms with Crippen molar-refractivity contribution >= 4 is 11.6 Å². The van der Waals surface area contributed by atoms with Crippen LogP contribution in [0.2, 0.25) is 0 Å². The van der Waals surface area contributed by atoms with E-state index in [-0.39, 0.29) is 64.5 Å². The van der Waals surface area contributed by atoms with Gasteiger partial charge < -0.3 is 19.7 Å². The van der Waals surface area contributed by atoms with Gasteiger partial charge in [0.15, 0.2) is 11.6 Å². The molecule has 2 heterocycles. The Bertz CT molecular complexity index is 902. The van der Waals surface area contributed by atoms with Crippen molar-refractivity contribution in [2.45, 2.75) is 96.4 Å². The zero-order valence-electron chi connectivity index (χ0n) is 18.3. The number of carbonyl (C=O) groups excluding carboxylic acids is 2. The molecule has 1 aromatic carbocycles. The first-order valence-electron chi connectivity index (χ1n) is 11.2. The minimum absolute atomic E-state index is 0.0298. The molecule has 0 radical (unpaired) electrons. The first-order chi connectivity index (χ1) is 14.2. The normalized spacial score (nSPS) is 28.4. The highest BCUT2D eigenvalue weighted by atomic mass is 16.7. The van der Waals surface area contributed by atoms with Gasteiger partial charge in [0.1, 0.15) is 28.4 Å². The van der Waals surface area contributed by atoms with E-state index in [0.29, 0.717) is 24.8 Å². The number of rotatable bonds is 6. The number of Topliss-reactive ketones (excluding diaryl/α,β-unsaturated/α-hetero) is 2. The molecule has 6 nitrogen and oxygen atoms in total. The van der Waals surface area contributed by atoms with Crippen LogP contribution in [0.4, 0.5) is 0 Å². The number of carbonyl (C=O) groups is 2. The molecule has 1 aromatic rings. The molecule has 1 saturated carbocycles. The summed E-state index contributed by atoms with van der Waals surface area (Å²) < 4.78 is 12.8. The number of benzene rings is 1. The summed E-state index contributed by atoms with van der Waals surface area (Å²) in [6.07, 6.45) is 4.77. The van der Waals surface area contributed by atoms with Crippen molar-refractivity contribution in [3.63, 3.8) is 0 Å². The molecule has 3 aliphatic rings. The van der Waals surface area contributed by atoms with Crippen LogP contribution in [0, 0.1) is 5.92 Å². The lowest BCUT2D eigenvalue weighted by Gasteiger charge is -2.48. The van der Waals surface area contributed by atoms with Crippen LogP contribution in [0.3, 0.4) is 0 Å². The fourth-order valence-electron chi connectivity index (χ4n) is 5.79. The Hall–Kier alpha value is -2.08. The summed E-state index contributed by atoms with van der Waals surface area (Å²) in [7, 11) is 0. The Morgan fingerprint density at radius 3 is 2.30 bits per heavy atom. The van der Waals surface area contributed by atoms with Crippen LogP contribution in [0.25, 0.3) is 0 Å². The number of phenols is 2. The Morgan fingerprint density at radius 2 is 1.67 bits per heavy atom. The molecule has 2 fully saturated rings. The van der Waals surface area contributed by atoms with Gasteiger partial charge in [-0.2, -0.15) is 0 Å². The Balaban J connectivity index is 1.98. The van der Waals surface area contributed by atoms with E-state index in [1.165, 1.54) is 0 Å². The fourth-order valence-corrected chi connectivity index (χ4v) is 5.79. The van der Waals surface area contributed by atoms with E-state index in [2.05, 4.69) is 0 Å². The second-order valence-electron chi connectivity index (χ2n) is 9.62. The molecule has 2 N–H and O–H groups in total. The van der Waals surface area contributed by atoms with Gasteiger partial charge in [-0.25, -0.2) is 0 Å². The van der Waals surface area contributed by atoms with E-state index in [4.69, 9.17) is 9.47 Å². The van der Waals surface area contributed by atoms with E-state index in [0.717, 1.165) is 19.3 Å². The molecule has 30 heavy (non-hydrogen) atoms. The predicted molar refractivity (Wildman–Crippen MR) is 111 cm³/mol. The maximum Gasteiger partial charge on any atom is 0.214 e. The van der Waals surface area contributed by atoms with Crippen LogP contribution in [0.15, 0.2) is 0 Å².